The molecule has 7 atom stereocenters. The van der Waals surface area contributed by atoms with Gasteiger partial charge in [-0.2, -0.15) is 0 Å². The van der Waals surface area contributed by atoms with E-state index in [2.05, 4.69) is 11.5 Å². The quantitative estimate of drug-likeness (QED) is 0.253. The highest BCUT2D eigenvalue weighted by Gasteiger charge is 2.44. The molecule has 0 bridgehead atoms. The number of aliphatic hydroxyl groups excluding tert-OH is 4. The molecule has 0 aliphatic carbocycles. The molecule has 1 aliphatic heterocycles. The van der Waals surface area contributed by atoms with Gasteiger partial charge in [-0.25, -0.2) is 0 Å². The summed E-state index contributed by atoms with van der Waals surface area (Å²) in [5.74, 6) is -1.27. The number of ether oxygens (including phenoxy) is 2. The van der Waals surface area contributed by atoms with E-state index in [1.54, 1.807) is 0 Å². The smallest absolute Gasteiger partial charge is 0.187 e. The van der Waals surface area contributed by atoms with E-state index in [9.17, 15) is 25.2 Å². The summed E-state index contributed by atoms with van der Waals surface area (Å²) in [6.45, 7) is -0.278. The first kappa shape index (κ1) is 19.2. The second-order valence-corrected chi connectivity index (χ2v) is 5.34. The van der Waals surface area contributed by atoms with Crippen LogP contribution in [0.25, 0.3) is 0 Å². The van der Waals surface area contributed by atoms with Crippen LogP contribution >= 0.6 is 0 Å². The van der Waals surface area contributed by atoms with Gasteiger partial charge in [-0.05, 0) is 6.42 Å². The van der Waals surface area contributed by atoms with Gasteiger partial charge in [0.25, 0.3) is 0 Å². The van der Waals surface area contributed by atoms with Crippen LogP contribution in [0.4, 0.5) is 0 Å². The molecule has 1 heterocycles. The van der Waals surface area contributed by atoms with E-state index < -0.39 is 55.4 Å². The highest BCUT2D eigenvalue weighted by Crippen LogP contribution is 2.23. The number of quaternary nitrogens is 2. The molecule has 1 saturated heterocycles. The van der Waals surface area contributed by atoms with Gasteiger partial charge in [-0.15, -0.1) is 0 Å². The summed E-state index contributed by atoms with van der Waals surface area (Å²) in [7, 11) is 0. The van der Waals surface area contributed by atoms with Crippen molar-refractivity contribution >= 4 is 5.97 Å². The minimum Gasteiger partial charge on any atom is -0.544 e. The van der Waals surface area contributed by atoms with Gasteiger partial charge < -0.3 is 51.3 Å². The normalized spacial score (nSPS) is 35.1. The molecule has 0 aromatic carbocycles. The van der Waals surface area contributed by atoms with Crippen LogP contribution in [-0.4, -0.2) is 82.4 Å². The van der Waals surface area contributed by atoms with Crippen LogP contribution in [0.2, 0.25) is 0 Å². The molecule has 10 nitrogen and oxygen atoms in total. The molecule has 0 radical (unpaired) electrons. The molecule has 1 fully saturated rings. The Kier molecular flexibility index (Phi) is 7.59. The van der Waals surface area contributed by atoms with Crippen LogP contribution in [0.5, 0.6) is 0 Å². The van der Waals surface area contributed by atoms with Crippen LogP contribution in [0, 0.1) is 0 Å². The van der Waals surface area contributed by atoms with Crippen molar-refractivity contribution in [3.63, 3.8) is 0 Å². The van der Waals surface area contributed by atoms with Gasteiger partial charge in [-0.1, -0.05) is 0 Å². The fourth-order valence-corrected chi connectivity index (χ4v) is 2.15. The molecule has 1 aliphatic rings. The first-order chi connectivity index (χ1) is 10.3. The molecule has 130 valence electrons. The zero-order valence-corrected chi connectivity index (χ0v) is 12.2. The van der Waals surface area contributed by atoms with Crippen LogP contribution in [0.15, 0.2) is 0 Å². The highest BCUT2D eigenvalue weighted by molar-refractivity contribution is 5.68. The highest BCUT2D eigenvalue weighted by atomic mass is 16.7. The number of carbonyl (C=O) groups excluding carboxylic acids is 1. The van der Waals surface area contributed by atoms with Crippen molar-refractivity contribution in [2.24, 2.45) is 0 Å². The third kappa shape index (κ3) is 4.83. The number of hydrogen-bond acceptors (Lipinski definition) is 8. The Bertz CT molecular complexity index is 356. The molecule has 10 N–H and O–H groups in total. The molecule has 10 heteroatoms. The van der Waals surface area contributed by atoms with E-state index in [1.165, 1.54) is 0 Å². The standard InChI is InChI=1S/C12H24N2O8/c13-3-5(1-2-6(14)11(19)20)21-12-10(18)9(17)8(16)7(4-15)22-12/h5-10,12,15-18H,1-4,13-14H2,(H,19,20)/p+1/t5-,6-,7?,8+,9+,10?,12-/m1/s1. The lowest BCUT2D eigenvalue weighted by molar-refractivity contribution is -0.441. The number of aliphatic carboxylic acids is 1. The Balaban J connectivity index is 2.59. The Labute approximate surface area is 127 Å². The van der Waals surface area contributed by atoms with Crippen LogP contribution in [0.3, 0.4) is 0 Å². The van der Waals surface area contributed by atoms with Crippen LogP contribution < -0.4 is 16.6 Å². The monoisotopic (exact) mass is 325 g/mol. The molecule has 0 spiro atoms. The van der Waals surface area contributed by atoms with Gasteiger partial charge in [0.05, 0.1) is 12.6 Å². The largest absolute Gasteiger partial charge is 0.544 e. The lowest BCUT2D eigenvalue weighted by atomic mass is 9.99. The second kappa shape index (κ2) is 8.70. The predicted molar refractivity (Wildman–Crippen MR) is 67.3 cm³/mol. The number of aliphatic hydroxyl groups is 4. The summed E-state index contributed by atoms with van der Waals surface area (Å²) in [4.78, 5) is 10.6. The molecule has 0 amide bonds. The number of carboxylic acids is 1. The number of hydrogen-bond donors (Lipinski definition) is 6. The van der Waals surface area contributed by atoms with Crippen molar-refractivity contribution in [3.05, 3.63) is 0 Å². The fraction of sp³-hybridized carbons (Fsp3) is 0.917. The summed E-state index contributed by atoms with van der Waals surface area (Å²) < 4.78 is 10.7. The van der Waals surface area contributed by atoms with Gasteiger partial charge in [0.2, 0.25) is 0 Å². The Morgan fingerprint density at radius 3 is 2.36 bits per heavy atom. The first-order valence-electron chi connectivity index (χ1n) is 7.11. The van der Waals surface area contributed by atoms with Crippen molar-refractivity contribution in [2.75, 3.05) is 13.2 Å². The Hall–Kier alpha value is -0.850. The number of rotatable bonds is 8. The maximum atomic E-state index is 10.6. The van der Waals surface area contributed by atoms with E-state index in [0.717, 1.165) is 0 Å². The minimum absolute atomic E-state index is 0.194. The summed E-state index contributed by atoms with van der Waals surface area (Å²) in [6.07, 6.45) is -6.84. The van der Waals surface area contributed by atoms with Gasteiger partial charge in [-0.3, -0.25) is 0 Å². The van der Waals surface area contributed by atoms with Gasteiger partial charge in [0, 0.05) is 6.42 Å². The maximum Gasteiger partial charge on any atom is 0.187 e. The van der Waals surface area contributed by atoms with Gasteiger partial charge >= 0.3 is 0 Å². The van der Waals surface area contributed by atoms with Crippen LogP contribution in [0.1, 0.15) is 12.8 Å². The topological polar surface area (TPSA) is 195 Å². The molecule has 0 aromatic rings. The molecule has 0 aromatic heterocycles. The van der Waals surface area contributed by atoms with E-state index in [4.69, 9.17) is 14.6 Å². The Morgan fingerprint density at radius 2 is 1.86 bits per heavy atom. The van der Waals surface area contributed by atoms with Crippen molar-refractivity contribution in [1.82, 2.24) is 0 Å². The van der Waals surface area contributed by atoms with Crippen molar-refractivity contribution in [3.8, 4) is 0 Å². The molecule has 2 unspecified atom stereocenters. The van der Waals surface area contributed by atoms with E-state index >= 15 is 0 Å². The summed E-state index contributed by atoms with van der Waals surface area (Å²) >= 11 is 0. The van der Waals surface area contributed by atoms with E-state index in [1.807, 2.05) is 0 Å². The second-order valence-electron chi connectivity index (χ2n) is 5.34. The lowest BCUT2D eigenvalue weighted by Crippen LogP contribution is -2.68. The zero-order valence-electron chi connectivity index (χ0n) is 12.2. The SMILES string of the molecule is [NH3+]C[C@@H](CC[C@@H]([NH3+])C(=O)[O-])O[C@@H]1OC(CO)[C@H](O)[C@H](O)C1O. The number of carbonyl (C=O) groups is 1. The lowest BCUT2D eigenvalue weighted by Gasteiger charge is -2.40. The van der Waals surface area contributed by atoms with E-state index in [0.29, 0.717) is 6.42 Å². The Morgan fingerprint density at radius 1 is 1.23 bits per heavy atom. The maximum absolute atomic E-state index is 10.6. The van der Waals surface area contributed by atoms with Crippen LogP contribution in [-0.2, 0) is 14.3 Å². The van der Waals surface area contributed by atoms with Crippen molar-refractivity contribution in [2.45, 2.75) is 55.7 Å². The van der Waals surface area contributed by atoms with Crippen molar-refractivity contribution < 1.29 is 51.3 Å². The first-order valence-corrected chi connectivity index (χ1v) is 7.11. The average Bonchev–Trinajstić information content (AvgIpc) is 2.50. The third-order valence-electron chi connectivity index (χ3n) is 3.67. The van der Waals surface area contributed by atoms with Crippen molar-refractivity contribution in [1.29, 1.82) is 0 Å². The van der Waals surface area contributed by atoms with Gasteiger partial charge in [0.1, 0.15) is 43.1 Å². The molecule has 22 heavy (non-hydrogen) atoms. The average molecular weight is 325 g/mol. The fourth-order valence-electron chi connectivity index (χ4n) is 2.15. The molecular weight excluding hydrogens is 300 g/mol. The summed E-state index contributed by atoms with van der Waals surface area (Å²) in [6, 6.07) is -0.896. The molecular formula is C12H25N2O8+. The van der Waals surface area contributed by atoms with E-state index in [-0.39, 0.29) is 13.0 Å². The summed E-state index contributed by atoms with van der Waals surface area (Å²) in [5, 5.41) is 48.9. The molecule has 1 rings (SSSR count). The zero-order chi connectivity index (χ0) is 16.9. The summed E-state index contributed by atoms with van der Waals surface area (Å²) in [5.41, 5.74) is 7.09. The minimum atomic E-state index is -1.52. The third-order valence-corrected chi connectivity index (χ3v) is 3.67. The predicted octanol–water partition coefficient (Wildman–Crippen LogP) is -6.45. The molecule has 0 saturated carbocycles. The number of carboxylic acid groups (broad SMARTS) is 1. The van der Waals surface area contributed by atoms with Gasteiger partial charge in [0.15, 0.2) is 6.29 Å².